The van der Waals surface area contributed by atoms with Gasteiger partial charge in [0.15, 0.2) is 0 Å². The molecule has 0 unspecified atom stereocenters. The lowest BCUT2D eigenvalue weighted by molar-refractivity contribution is -0.275. The zero-order chi connectivity index (χ0) is 40.9. The lowest BCUT2D eigenvalue weighted by atomic mass is 9.77. The Morgan fingerprint density at radius 3 is 1.62 bits per heavy atom. The van der Waals surface area contributed by atoms with Gasteiger partial charge in [-0.25, -0.2) is 9.18 Å². The Morgan fingerprint density at radius 1 is 0.607 bits per heavy atom. The van der Waals surface area contributed by atoms with Crippen molar-refractivity contribution in [3.05, 3.63) is 160 Å². The summed E-state index contributed by atoms with van der Waals surface area (Å²) in [6.45, 7) is 0.0381. The van der Waals surface area contributed by atoms with E-state index in [0.29, 0.717) is 28.5 Å². The molecule has 0 aliphatic carbocycles. The zero-order valence-electron chi connectivity index (χ0n) is 28.6. The van der Waals surface area contributed by atoms with Gasteiger partial charge in [-0.1, -0.05) is 48.5 Å². The van der Waals surface area contributed by atoms with E-state index in [-0.39, 0.29) is 23.8 Å². The fraction of sp³-hybridized carbons (Fsp3) is 0.179. The highest BCUT2D eigenvalue weighted by Gasteiger charge is 2.41. The van der Waals surface area contributed by atoms with Crippen LogP contribution in [0.3, 0.4) is 0 Å². The van der Waals surface area contributed by atoms with E-state index >= 15 is 0 Å². The minimum Gasteiger partial charge on any atom is -0.489 e. The van der Waals surface area contributed by atoms with Gasteiger partial charge < -0.3 is 24.3 Å². The number of ether oxygens (including phenoxy) is 4. The number of nitrogens with one attached hydrogen (secondary N) is 1. The Kier molecular flexibility index (Phi) is 11.9. The summed E-state index contributed by atoms with van der Waals surface area (Å²) in [6, 6.07) is 21.7. The SMILES string of the molecule is COC(=O)c1ccc(COc2ccc(CC(NC(=O)c3ccc(F)c(C(F)(F)F)c3)(c3cccc(OC(F)(F)F)c3)c3cccc(OC(F)(F)F)c3)cc2)cc1. The topological polar surface area (TPSA) is 83.1 Å². The van der Waals surface area contributed by atoms with Crippen molar-refractivity contribution in [3.8, 4) is 17.2 Å². The smallest absolute Gasteiger partial charge is 0.489 e. The molecule has 0 fully saturated rings. The first kappa shape index (κ1) is 40.9. The van der Waals surface area contributed by atoms with Crippen molar-refractivity contribution < 1.29 is 72.4 Å². The predicted molar refractivity (Wildman–Crippen MR) is 178 cm³/mol. The quantitative estimate of drug-likeness (QED) is 0.100. The largest absolute Gasteiger partial charge is 0.573 e. The first-order valence-corrected chi connectivity index (χ1v) is 16.1. The fourth-order valence-corrected chi connectivity index (χ4v) is 5.66. The van der Waals surface area contributed by atoms with Crippen molar-refractivity contribution in [2.75, 3.05) is 7.11 Å². The maximum Gasteiger partial charge on any atom is 0.573 e. The maximum atomic E-state index is 14.2. The van der Waals surface area contributed by atoms with Crippen molar-refractivity contribution in [1.29, 1.82) is 0 Å². The number of amides is 1. The van der Waals surface area contributed by atoms with Crippen LogP contribution < -0.4 is 19.5 Å². The van der Waals surface area contributed by atoms with Crippen LogP contribution in [0.1, 0.15) is 48.5 Å². The van der Waals surface area contributed by atoms with Crippen LogP contribution in [0.2, 0.25) is 0 Å². The van der Waals surface area contributed by atoms with Crippen LogP contribution in [-0.2, 0) is 29.5 Å². The standard InChI is InChI=1S/C39H27F10NO6/c1-53-35(52)25-12-8-24(9-13-25)22-54-29-15-10-23(11-16-29)21-36(27-4-2-6-30(19-27)55-38(44,45)46,28-5-3-7-31(20-28)56-39(47,48)49)50-34(51)26-14-17-33(40)32(18-26)37(41,42)43/h2-20H,21-22H2,1H3,(H,50,51). The molecule has 0 atom stereocenters. The van der Waals surface area contributed by atoms with Gasteiger partial charge in [0, 0.05) is 12.0 Å². The Hall–Kier alpha value is -6.26. The van der Waals surface area contributed by atoms with Gasteiger partial charge in [0.25, 0.3) is 5.91 Å². The van der Waals surface area contributed by atoms with Gasteiger partial charge in [-0.2, -0.15) is 13.2 Å². The van der Waals surface area contributed by atoms with Crippen LogP contribution >= 0.6 is 0 Å². The molecule has 17 heteroatoms. The molecule has 0 saturated carbocycles. The first-order chi connectivity index (χ1) is 26.2. The third kappa shape index (κ3) is 10.5. The first-order valence-electron chi connectivity index (χ1n) is 16.1. The molecular weight excluding hydrogens is 768 g/mol. The van der Waals surface area contributed by atoms with Crippen molar-refractivity contribution in [2.24, 2.45) is 0 Å². The minimum absolute atomic E-state index is 0.0381. The number of hydrogen-bond donors (Lipinski definition) is 1. The molecule has 0 bridgehead atoms. The summed E-state index contributed by atoms with van der Waals surface area (Å²) < 4.78 is 154. The number of esters is 1. The predicted octanol–water partition coefficient (Wildman–Crippen LogP) is 9.92. The van der Waals surface area contributed by atoms with Gasteiger partial charge in [0.1, 0.15) is 29.7 Å². The van der Waals surface area contributed by atoms with Crippen LogP contribution in [0.15, 0.2) is 115 Å². The molecule has 7 nitrogen and oxygen atoms in total. The molecule has 1 amide bonds. The van der Waals surface area contributed by atoms with E-state index in [0.717, 1.165) is 42.5 Å². The molecule has 5 aromatic carbocycles. The van der Waals surface area contributed by atoms with Crippen LogP contribution in [0, 0.1) is 5.82 Å². The monoisotopic (exact) mass is 795 g/mol. The maximum absolute atomic E-state index is 14.2. The highest BCUT2D eigenvalue weighted by molar-refractivity contribution is 5.95. The van der Waals surface area contributed by atoms with Crippen molar-refractivity contribution in [2.45, 2.75) is 37.5 Å². The van der Waals surface area contributed by atoms with E-state index < -0.39 is 71.2 Å². The van der Waals surface area contributed by atoms with Gasteiger partial charge in [0.2, 0.25) is 0 Å². The van der Waals surface area contributed by atoms with Gasteiger partial charge in [-0.3, -0.25) is 4.79 Å². The number of benzene rings is 5. The Labute approximate surface area is 311 Å². The lowest BCUT2D eigenvalue weighted by Gasteiger charge is -2.37. The number of carbonyl (C=O) groups excluding carboxylic acids is 2. The van der Waals surface area contributed by atoms with Crippen molar-refractivity contribution in [3.63, 3.8) is 0 Å². The highest BCUT2D eigenvalue weighted by Crippen LogP contribution is 2.39. The van der Waals surface area contributed by atoms with Crippen molar-refractivity contribution >= 4 is 11.9 Å². The Morgan fingerprint density at radius 2 is 1.12 bits per heavy atom. The fourth-order valence-electron chi connectivity index (χ4n) is 5.66. The molecule has 0 aliphatic heterocycles. The van der Waals surface area contributed by atoms with E-state index in [4.69, 9.17) is 4.74 Å². The van der Waals surface area contributed by atoms with E-state index in [1.165, 1.54) is 55.6 Å². The van der Waals surface area contributed by atoms with Crippen LogP contribution in [0.5, 0.6) is 17.2 Å². The lowest BCUT2D eigenvalue weighted by Crippen LogP contribution is -2.48. The molecular formula is C39H27F10NO6. The van der Waals surface area contributed by atoms with Crippen LogP contribution in [0.25, 0.3) is 0 Å². The summed E-state index contributed by atoms with van der Waals surface area (Å²) in [7, 11) is 1.23. The number of methoxy groups -OCH3 is 1. The third-order valence-corrected chi connectivity index (χ3v) is 8.15. The Balaban J connectivity index is 1.60. The molecule has 294 valence electrons. The molecule has 0 aromatic heterocycles. The molecule has 5 rings (SSSR count). The number of rotatable bonds is 12. The number of carbonyl (C=O) groups is 2. The molecule has 56 heavy (non-hydrogen) atoms. The number of hydrogen-bond acceptors (Lipinski definition) is 6. The second kappa shape index (κ2) is 16.2. The normalized spacial score (nSPS) is 12.1. The summed E-state index contributed by atoms with van der Waals surface area (Å²) in [5.74, 6) is -4.86. The van der Waals surface area contributed by atoms with E-state index in [2.05, 4.69) is 19.5 Å². The second-order valence-corrected chi connectivity index (χ2v) is 12.0. The van der Waals surface area contributed by atoms with E-state index in [1.54, 1.807) is 12.1 Å². The molecule has 0 heterocycles. The molecule has 1 N–H and O–H groups in total. The van der Waals surface area contributed by atoms with Gasteiger partial charge in [0.05, 0.1) is 23.8 Å². The molecule has 5 aromatic rings. The highest BCUT2D eigenvalue weighted by atomic mass is 19.4. The van der Waals surface area contributed by atoms with Crippen LogP contribution in [0.4, 0.5) is 43.9 Å². The third-order valence-electron chi connectivity index (χ3n) is 8.15. The molecule has 0 spiro atoms. The van der Waals surface area contributed by atoms with Crippen LogP contribution in [-0.4, -0.2) is 31.7 Å². The van der Waals surface area contributed by atoms with Crippen molar-refractivity contribution in [1.82, 2.24) is 5.32 Å². The molecule has 0 radical (unpaired) electrons. The van der Waals surface area contributed by atoms with E-state index in [9.17, 15) is 53.5 Å². The summed E-state index contributed by atoms with van der Waals surface area (Å²) >= 11 is 0. The van der Waals surface area contributed by atoms with Gasteiger partial charge in [-0.15, -0.1) is 26.3 Å². The minimum atomic E-state index is -5.24. The second-order valence-electron chi connectivity index (χ2n) is 12.0. The molecule has 0 saturated heterocycles. The molecule has 0 aliphatic rings. The van der Waals surface area contributed by atoms with E-state index in [1.807, 2.05) is 0 Å². The average molecular weight is 796 g/mol. The number of halogens is 10. The average Bonchev–Trinajstić information content (AvgIpc) is 3.12. The summed E-state index contributed by atoms with van der Waals surface area (Å²) in [5, 5.41) is 2.52. The summed E-state index contributed by atoms with van der Waals surface area (Å²) in [6.07, 6.45) is -16.1. The van der Waals surface area contributed by atoms with Gasteiger partial charge in [-0.05, 0) is 89.0 Å². The Bertz CT molecular complexity index is 2110. The summed E-state index contributed by atoms with van der Waals surface area (Å²) in [5.41, 5.74) is -3.88. The zero-order valence-corrected chi connectivity index (χ0v) is 28.6. The summed E-state index contributed by atoms with van der Waals surface area (Å²) in [4.78, 5) is 25.6. The van der Waals surface area contributed by atoms with Gasteiger partial charge >= 0.3 is 24.9 Å². The number of alkyl halides is 9.